The summed E-state index contributed by atoms with van der Waals surface area (Å²) in [6.45, 7) is 8.05. The van der Waals surface area contributed by atoms with Crippen molar-refractivity contribution in [2.45, 2.75) is 58.9 Å². The average Bonchev–Trinajstić information content (AvgIpc) is 3.39. The Morgan fingerprint density at radius 3 is 2.38 bits per heavy atom. The van der Waals surface area contributed by atoms with E-state index in [0.717, 1.165) is 30.6 Å². The van der Waals surface area contributed by atoms with Gasteiger partial charge in [0.2, 0.25) is 0 Å². The zero-order chi connectivity index (χ0) is 17.2. The minimum Gasteiger partial charge on any atom is -0.497 e. The summed E-state index contributed by atoms with van der Waals surface area (Å²) in [6, 6.07) is 8.93. The highest BCUT2D eigenvalue weighted by Gasteiger charge is 2.33. The van der Waals surface area contributed by atoms with E-state index in [0.29, 0.717) is 11.5 Å². The second-order valence-electron chi connectivity index (χ2n) is 8.45. The van der Waals surface area contributed by atoms with Gasteiger partial charge in [-0.2, -0.15) is 0 Å². The van der Waals surface area contributed by atoms with E-state index in [4.69, 9.17) is 9.73 Å². The van der Waals surface area contributed by atoms with Crippen LogP contribution < -0.4 is 10.1 Å². The molecule has 2 aliphatic rings. The standard InChI is InChI=1S/C21H32N2O/c1-21(2,3)17-9-12-19(22-14-13-17)23-20(15-5-6-15)16-7-10-18(24-4)11-8-16/h7-8,10-11,15,17,20H,5-6,9,12-14H2,1-4H3,(H,22,23). The highest BCUT2D eigenvalue weighted by Crippen LogP contribution is 2.42. The van der Waals surface area contributed by atoms with Crippen molar-refractivity contribution in [3.05, 3.63) is 29.8 Å². The first-order valence-electron chi connectivity index (χ1n) is 9.41. The molecule has 0 bridgehead atoms. The molecule has 0 radical (unpaired) electrons. The lowest BCUT2D eigenvalue weighted by Crippen LogP contribution is -2.30. The van der Waals surface area contributed by atoms with Crippen molar-refractivity contribution in [3.63, 3.8) is 0 Å². The lowest BCUT2D eigenvalue weighted by Gasteiger charge is -2.29. The van der Waals surface area contributed by atoms with E-state index in [1.54, 1.807) is 7.11 Å². The monoisotopic (exact) mass is 328 g/mol. The second-order valence-corrected chi connectivity index (χ2v) is 8.45. The maximum Gasteiger partial charge on any atom is 0.118 e. The van der Waals surface area contributed by atoms with Gasteiger partial charge in [0.25, 0.3) is 0 Å². The molecule has 132 valence electrons. The second kappa shape index (κ2) is 7.16. The summed E-state index contributed by atoms with van der Waals surface area (Å²) >= 11 is 0. The third kappa shape index (κ3) is 4.31. The van der Waals surface area contributed by atoms with Gasteiger partial charge in [0.05, 0.1) is 19.0 Å². The molecule has 1 aliphatic heterocycles. The molecule has 0 saturated heterocycles. The Morgan fingerprint density at radius 2 is 1.79 bits per heavy atom. The molecule has 1 N–H and O–H groups in total. The first-order chi connectivity index (χ1) is 11.5. The minimum atomic E-state index is 0.386. The quantitative estimate of drug-likeness (QED) is 0.845. The van der Waals surface area contributed by atoms with E-state index in [9.17, 15) is 0 Å². The van der Waals surface area contributed by atoms with Crippen molar-refractivity contribution in [1.29, 1.82) is 0 Å². The predicted molar refractivity (Wildman–Crippen MR) is 101 cm³/mol. The lowest BCUT2D eigenvalue weighted by atomic mass is 9.76. The Balaban J connectivity index is 1.66. The highest BCUT2D eigenvalue weighted by molar-refractivity contribution is 5.83. The molecular formula is C21H32N2O. The number of hydrogen-bond acceptors (Lipinski definition) is 3. The van der Waals surface area contributed by atoms with Crippen LogP contribution in [0.5, 0.6) is 5.75 Å². The van der Waals surface area contributed by atoms with Crippen LogP contribution in [0.25, 0.3) is 0 Å². The third-order valence-corrected chi connectivity index (χ3v) is 5.63. The van der Waals surface area contributed by atoms with Gasteiger partial charge in [0.1, 0.15) is 5.75 Å². The van der Waals surface area contributed by atoms with Gasteiger partial charge >= 0.3 is 0 Å². The molecule has 0 amide bonds. The van der Waals surface area contributed by atoms with Crippen molar-refractivity contribution in [2.75, 3.05) is 13.7 Å². The summed E-state index contributed by atoms with van der Waals surface area (Å²) in [4.78, 5) is 4.88. The molecule has 24 heavy (non-hydrogen) atoms. The van der Waals surface area contributed by atoms with Crippen molar-refractivity contribution in [1.82, 2.24) is 5.32 Å². The van der Waals surface area contributed by atoms with E-state index < -0.39 is 0 Å². The molecule has 3 heteroatoms. The van der Waals surface area contributed by atoms with Crippen LogP contribution in [0.3, 0.4) is 0 Å². The molecule has 1 aromatic rings. The molecule has 1 aliphatic carbocycles. The van der Waals surface area contributed by atoms with Gasteiger partial charge in [0.15, 0.2) is 0 Å². The largest absolute Gasteiger partial charge is 0.497 e. The Bertz CT molecular complexity index is 566. The van der Waals surface area contributed by atoms with Gasteiger partial charge < -0.3 is 10.1 Å². The topological polar surface area (TPSA) is 33.6 Å². The number of hydrogen-bond donors (Lipinski definition) is 1. The van der Waals surface area contributed by atoms with Gasteiger partial charge in [-0.15, -0.1) is 0 Å². The van der Waals surface area contributed by atoms with Gasteiger partial charge in [-0.1, -0.05) is 32.9 Å². The van der Waals surface area contributed by atoms with Crippen LogP contribution in [0.2, 0.25) is 0 Å². The number of amidine groups is 1. The van der Waals surface area contributed by atoms with Gasteiger partial charge in [-0.05, 0) is 60.6 Å². The Hall–Kier alpha value is -1.51. The first kappa shape index (κ1) is 17.3. The van der Waals surface area contributed by atoms with Crippen LogP contribution in [0.1, 0.15) is 64.5 Å². The molecule has 1 aromatic carbocycles. The smallest absolute Gasteiger partial charge is 0.118 e. The number of aliphatic imine (C=N–C) groups is 1. The van der Waals surface area contributed by atoms with E-state index in [1.165, 1.54) is 37.1 Å². The molecular weight excluding hydrogens is 296 g/mol. The molecule has 1 heterocycles. The molecule has 3 rings (SSSR count). The number of nitrogens with one attached hydrogen (secondary N) is 1. The summed E-state index contributed by atoms with van der Waals surface area (Å²) in [5.41, 5.74) is 1.74. The van der Waals surface area contributed by atoms with Gasteiger partial charge in [0, 0.05) is 13.0 Å². The van der Waals surface area contributed by atoms with E-state index >= 15 is 0 Å². The van der Waals surface area contributed by atoms with Gasteiger partial charge in [-0.3, -0.25) is 4.99 Å². The summed E-state index contributed by atoms with van der Waals surface area (Å²) in [5, 5.41) is 3.79. The molecule has 3 nitrogen and oxygen atoms in total. The number of benzene rings is 1. The summed E-state index contributed by atoms with van der Waals surface area (Å²) < 4.78 is 5.29. The van der Waals surface area contributed by atoms with E-state index in [1.807, 2.05) is 0 Å². The molecule has 0 spiro atoms. The predicted octanol–water partition coefficient (Wildman–Crippen LogP) is 4.98. The van der Waals surface area contributed by atoms with E-state index in [2.05, 4.69) is 50.4 Å². The van der Waals surface area contributed by atoms with Crippen LogP contribution in [0.4, 0.5) is 0 Å². The first-order valence-corrected chi connectivity index (χ1v) is 9.41. The molecule has 1 fully saturated rings. The van der Waals surface area contributed by atoms with Crippen LogP contribution in [0.15, 0.2) is 29.3 Å². The maximum atomic E-state index is 5.29. The van der Waals surface area contributed by atoms with Crippen molar-refractivity contribution < 1.29 is 4.74 Å². The number of nitrogens with zero attached hydrogens (tertiary/aromatic N) is 1. The average molecular weight is 329 g/mol. The summed E-state index contributed by atoms with van der Waals surface area (Å²) in [5.74, 6) is 3.66. The lowest BCUT2D eigenvalue weighted by molar-refractivity contribution is 0.220. The van der Waals surface area contributed by atoms with Crippen LogP contribution >= 0.6 is 0 Å². The summed E-state index contributed by atoms with van der Waals surface area (Å²) in [7, 11) is 1.72. The van der Waals surface area contributed by atoms with Crippen molar-refractivity contribution in [3.8, 4) is 5.75 Å². The molecule has 1 saturated carbocycles. The zero-order valence-corrected chi connectivity index (χ0v) is 15.6. The normalized spacial score (nSPS) is 23.2. The highest BCUT2D eigenvalue weighted by atomic mass is 16.5. The van der Waals surface area contributed by atoms with Crippen LogP contribution in [-0.2, 0) is 0 Å². The SMILES string of the molecule is COc1ccc(C(NC2=NCCC(C(C)(C)C)CC2)C2CC2)cc1. The molecule has 2 unspecified atom stereocenters. The number of methoxy groups -OCH3 is 1. The van der Waals surface area contributed by atoms with Crippen molar-refractivity contribution in [2.24, 2.45) is 22.2 Å². The van der Waals surface area contributed by atoms with Crippen LogP contribution in [0, 0.1) is 17.3 Å². The summed E-state index contributed by atoms with van der Waals surface area (Å²) in [6.07, 6.45) is 6.19. The maximum absolute atomic E-state index is 5.29. The number of rotatable bonds is 4. The fourth-order valence-electron chi connectivity index (χ4n) is 3.77. The Kier molecular flexibility index (Phi) is 5.17. The number of ether oxygens (including phenoxy) is 1. The molecule has 2 atom stereocenters. The van der Waals surface area contributed by atoms with Crippen LogP contribution in [-0.4, -0.2) is 19.5 Å². The molecule has 0 aromatic heterocycles. The van der Waals surface area contributed by atoms with E-state index in [-0.39, 0.29) is 0 Å². The fourth-order valence-corrected chi connectivity index (χ4v) is 3.77. The fraction of sp³-hybridized carbons (Fsp3) is 0.667. The Labute approximate surface area is 146 Å². The third-order valence-electron chi connectivity index (χ3n) is 5.63. The minimum absolute atomic E-state index is 0.386. The van der Waals surface area contributed by atoms with Crippen molar-refractivity contribution >= 4 is 5.84 Å². The Morgan fingerprint density at radius 1 is 1.08 bits per heavy atom. The zero-order valence-electron chi connectivity index (χ0n) is 15.6. The van der Waals surface area contributed by atoms with Gasteiger partial charge in [-0.25, -0.2) is 0 Å².